The molecule has 0 bridgehead atoms. The SMILES string of the molecule is [O-][n+]1ccc(C(O)COCCOCCOCCOCC(O)c2cc[n+]([O-])c3ccccc23)c2ccccc21. The first kappa shape index (κ1) is 27.6. The average Bonchev–Trinajstić information content (AvgIpc) is 2.94. The molecule has 0 radical (unpaired) electrons. The van der Waals surface area contributed by atoms with Gasteiger partial charge in [-0.05, 0) is 12.1 Å². The predicted molar refractivity (Wildman–Crippen MR) is 139 cm³/mol. The van der Waals surface area contributed by atoms with Gasteiger partial charge in [-0.15, -0.1) is 0 Å². The number of aromatic nitrogens is 2. The van der Waals surface area contributed by atoms with Crippen molar-refractivity contribution < 1.29 is 38.6 Å². The predicted octanol–water partition coefficient (Wildman–Crippen LogP) is 2.09. The summed E-state index contributed by atoms with van der Waals surface area (Å²) in [6.07, 6.45) is 1.05. The number of para-hydroxylation sites is 2. The van der Waals surface area contributed by atoms with Crippen LogP contribution < -0.4 is 9.46 Å². The molecule has 0 aliphatic carbocycles. The van der Waals surface area contributed by atoms with Gasteiger partial charge in [-0.25, -0.2) is 0 Å². The average molecular weight is 525 g/mol. The van der Waals surface area contributed by atoms with Gasteiger partial charge >= 0.3 is 0 Å². The number of nitrogens with zero attached hydrogens (tertiary/aromatic N) is 2. The van der Waals surface area contributed by atoms with E-state index in [1.807, 2.05) is 12.1 Å². The third-order valence-corrected chi connectivity index (χ3v) is 6.07. The number of hydrogen-bond acceptors (Lipinski definition) is 8. The molecule has 0 aliphatic heterocycles. The standard InChI is InChI=1S/C28H32N2O8/c31-27(23-9-11-29(33)25-7-3-1-5-21(23)25)19-37-17-15-35-13-14-36-16-18-38-20-28(32)24-10-12-30(34)26-8-4-2-6-22(24)26/h1-12,27-28,31-32H,13-20H2. The third-order valence-electron chi connectivity index (χ3n) is 6.07. The van der Waals surface area contributed by atoms with Crippen molar-refractivity contribution in [2.24, 2.45) is 0 Å². The molecule has 2 aromatic heterocycles. The minimum Gasteiger partial charge on any atom is -0.618 e. The number of aliphatic hydroxyl groups is 2. The first-order chi connectivity index (χ1) is 18.6. The molecule has 4 aromatic rings. The van der Waals surface area contributed by atoms with Crippen molar-refractivity contribution >= 4 is 21.8 Å². The number of ether oxygens (including phenoxy) is 4. The molecule has 2 atom stereocenters. The molecule has 0 saturated heterocycles. The van der Waals surface area contributed by atoms with E-state index in [9.17, 15) is 20.6 Å². The number of benzene rings is 2. The molecule has 0 aliphatic rings. The fourth-order valence-corrected chi connectivity index (χ4v) is 4.16. The van der Waals surface area contributed by atoms with Crippen molar-refractivity contribution in [1.82, 2.24) is 0 Å². The minimum atomic E-state index is -0.855. The Morgan fingerprint density at radius 1 is 0.553 bits per heavy atom. The van der Waals surface area contributed by atoms with Gasteiger partial charge in [0.1, 0.15) is 12.2 Å². The van der Waals surface area contributed by atoms with Gasteiger partial charge in [-0.2, -0.15) is 9.46 Å². The lowest BCUT2D eigenvalue weighted by molar-refractivity contribution is -0.577. The normalized spacial score (nSPS) is 13.2. The number of pyridine rings is 2. The Morgan fingerprint density at radius 3 is 1.34 bits per heavy atom. The van der Waals surface area contributed by atoms with Crippen molar-refractivity contribution in [1.29, 1.82) is 0 Å². The van der Waals surface area contributed by atoms with E-state index in [1.54, 1.807) is 48.5 Å². The molecule has 202 valence electrons. The molecule has 2 heterocycles. The first-order valence-electron chi connectivity index (χ1n) is 12.4. The summed E-state index contributed by atoms with van der Waals surface area (Å²) in [6.45, 7) is 2.26. The van der Waals surface area contributed by atoms with E-state index in [0.29, 0.717) is 72.6 Å². The van der Waals surface area contributed by atoms with Gasteiger partial charge in [-0.1, -0.05) is 24.3 Å². The quantitative estimate of drug-likeness (QED) is 0.137. The maximum Gasteiger partial charge on any atom is 0.224 e. The smallest absolute Gasteiger partial charge is 0.224 e. The van der Waals surface area contributed by atoms with Crippen LogP contribution in [0.15, 0.2) is 73.1 Å². The van der Waals surface area contributed by atoms with Crippen LogP contribution in [0.2, 0.25) is 0 Å². The largest absolute Gasteiger partial charge is 0.618 e. The van der Waals surface area contributed by atoms with E-state index in [0.717, 1.165) is 9.46 Å². The summed E-state index contributed by atoms with van der Waals surface area (Å²) in [5, 5.41) is 46.1. The summed E-state index contributed by atoms with van der Waals surface area (Å²) in [6, 6.07) is 17.4. The van der Waals surface area contributed by atoms with Crippen molar-refractivity contribution in [3.05, 3.63) is 94.6 Å². The van der Waals surface area contributed by atoms with Gasteiger partial charge in [0.2, 0.25) is 11.0 Å². The van der Waals surface area contributed by atoms with Crippen LogP contribution in [0.1, 0.15) is 23.3 Å². The highest BCUT2D eigenvalue weighted by Gasteiger charge is 2.16. The molecule has 0 saturated carbocycles. The highest BCUT2D eigenvalue weighted by atomic mass is 16.6. The molecule has 38 heavy (non-hydrogen) atoms. The first-order valence-corrected chi connectivity index (χ1v) is 12.4. The Hall–Kier alpha value is -3.38. The summed E-state index contributed by atoms with van der Waals surface area (Å²) >= 11 is 0. The second-order valence-corrected chi connectivity index (χ2v) is 8.63. The fourth-order valence-electron chi connectivity index (χ4n) is 4.16. The zero-order valence-corrected chi connectivity index (χ0v) is 21.0. The zero-order valence-electron chi connectivity index (χ0n) is 21.0. The lowest BCUT2D eigenvalue weighted by atomic mass is 10.0. The van der Waals surface area contributed by atoms with E-state index in [-0.39, 0.29) is 13.2 Å². The number of fused-ring (bicyclic) bond motifs is 2. The summed E-state index contributed by atoms with van der Waals surface area (Å²) in [5.74, 6) is 0. The molecule has 2 N–H and O–H groups in total. The maximum atomic E-state index is 11.9. The Balaban J connectivity index is 1.04. The molecule has 0 fully saturated rings. The monoisotopic (exact) mass is 524 g/mol. The second-order valence-electron chi connectivity index (χ2n) is 8.63. The molecular weight excluding hydrogens is 492 g/mol. The van der Waals surface area contributed by atoms with Crippen molar-refractivity contribution in [2.75, 3.05) is 52.9 Å². The number of hydrogen-bond donors (Lipinski definition) is 2. The number of rotatable bonds is 15. The van der Waals surface area contributed by atoms with E-state index in [4.69, 9.17) is 18.9 Å². The van der Waals surface area contributed by atoms with Crippen LogP contribution >= 0.6 is 0 Å². The molecule has 10 heteroatoms. The van der Waals surface area contributed by atoms with Crippen LogP contribution in [0.5, 0.6) is 0 Å². The molecule has 2 aromatic carbocycles. The van der Waals surface area contributed by atoms with Crippen LogP contribution in [-0.4, -0.2) is 63.1 Å². The van der Waals surface area contributed by atoms with Crippen LogP contribution in [-0.2, 0) is 18.9 Å². The van der Waals surface area contributed by atoms with Crippen molar-refractivity contribution in [3.8, 4) is 0 Å². The summed E-state index contributed by atoms with van der Waals surface area (Å²) in [5.41, 5.74) is 2.28. The summed E-state index contributed by atoms with van der Waals surface area (Å²) in [4.78, 5) is 0. The Labute approximate surface area is 220 Å². The van der Waals surface area contributed by atoms with Crippen molar-refractivity contribution in [2.45, 2.75) is 12.2 Å². The van der Waals surface area contributed by atoms with Crippen molar-refractivity contribution in [3.63, 3.8) is 0 Å². The van der Waals surface area contributed by atoms with Gasteiger partial charge in [-0.3, -0.25) is 0 Å². The van der Waals surface area contributed by atoms with Gasteiger partial charge in [0, 0.05) is 35.4 Å². The molecule has 2 unspecified atom stereocenters. The van der Waals surface area contributed by atoms with Gasteiger partial charge in [0.15, 0.2) is 12.4 Å². The van der Waals surface area contributed by atoms with Crippen LogP contribution in [0, 0.1) is 10.4 Å². The second kappa shape index (κ2) is 14.0. The Kier molecular flexibility index (Phi) is 10.2. The van der Waals surface area contributed by atoms with E-state index >= 15 is 0 Å². The summed E-state index contributed by atoms with van der Waals surface area (Å²) < 4.78 is 23.5. The lowest BCUT2D eigenvalue weighted by Gasteiger charge is -2.14. The highest BCUT2D eigenvalue weighted by molar-refractivity contribution is 5.80. The van der Waals surface area contributed by atoms with Gasteiger partial charge < -0.3 is 39.6 Å². The van der Waals surface area contributed by atoms with E-state index in [1.165, 1.54) is 12.4 Å². The van der Waals surface area contributed by atoms with E-state index < -0.39 is 12.2 Å². The van der Waals surface area contributed by atoms with Crippen LogP contribution in [0.4, 0.5) is 0 Å². The van der Waals surface area contributed by atoms with Gasteiger partial charge in [0.25, 0.3) is 0 Å². The fraction of sp³-hybridized carbons (Fsp3) is 0.357. The van der Waals surface area contributed by atoms with Gasteiger partial charge in [0.05, 0.1) is 63.6 Å². The molecule has 0 amide bonds. The van der Waals surface area contributed by atoms with E-state index in [2.05, 4.69) is 0 Å². The Bertz CT molecular complexity index is 1220. The molecular formula is C28H32N2O8. The number of aliphatic hydroxyl groups excluding tert-OH is 2. The highest BCUT2D eigenvalue weighted by Crippen LogP contribution is 2.23. The van der Waals surface area contributed by atoms with Crippen LogP contribution in [0.25, 0.3) is 21.8 Å². The zero-order chi connectivity index (χ0) is 26.7. The Morgan fingerprint density at radius 2 is 0.921 bits per heavy atom. The molecule has 4 rings (SSSR count). The maximum absolute atomic E-state index is 11.9. The van der Waals surface area contributed by atoms with Crippen LogP contribution in [0.3, 0.4) is 0 Å². The topological polar surface area (TPSA) is 131 Å². The summed E-state index contributed by atoms with van der Waals surface area (Å²) in [7, 11) is 0. The molecule has 10 nitrogen and oxygen atoms in total. The molecule has 0 spiro atoms. The third kappa shape index (κ3) is 7.13. The lowest BCUT2D eigenvalue weighted by Crippen LogP contribution is -2.27. The minimum absolute atomic E-state index is 0.0889.